The van der Waals surface area contributed by atoms with E-state index in [0.717, 1.165) is 31.1 Å². The van der Waals surface area contributed by atoms with E-state index in [-0.39, 0.29) is 0 Å². The van der Waals surface area contributed by atoms with Gasteiger partial charge >= 0.3 is 0 Å². The molecular formula is C15H32N2. The fourth-order valence-electron chi connectivity index (χ4n) is 3.21. The van der Waals surface area contributed by atoms with Crippen LogP contribution in [0.4, 0.5) is 0 Å². The van der Waals surface area contributed by atoms with Gasteiger partial charge in [-0.1, -0.05) is 20.8 Å². The molecule has 0 aliphatic carbocycles. The fraction of sp³-hybridized carbons (Fsp3) is 1.00. The highest BCUT2D eigenvalue weighted by Crippen LogP contribution is 2.30. The number of hydrogen-bond donors (Lipinski definition) is 1. The van der Waals surface area contributed by atoms with E-state index in [2.05, 4.69) is 44.8 Å². The van der Waals surface area contributed by atoms with Crippen LogP contribution in [0.3, 0.4) is 0 Å². The highest BCUT2D eigenvalue weighted by molar-refractivity contribution is 4.89. The van der Waals surface area contributed by atoms with Crippen LogP contribution >= 0.6 is 0 Å². The summed E-state index contributed by atoms with van der Waals surface area (Å²) >= 11 is 0. The van der Waals surface area contributed by atoms with E-state index >= 15 is 0 Å². The Balaban J connectivity index is 2.46. The van der Waals surface area contributed by atoms with Crippen LogP contribution in [0.5, 0.6) is 0 Å². The minimum atomic E-state index is 0.710. The Bertz CT molecular complexity index is 205. The smallest absolute Gasteiger partial charge is 0.0110 e. The first-order valence-corrected chi connectivity index (χ1v) is 7.59. The number of nitrogens with zero attached hydrogens (tertiary/aromatic N) is 1. The van der Waals surface area contributed by atoms with Crippen LogP contribution in [0.25, 0.3) is 0 Å². The summed E-state index contributed by atoms with van der Waals surface area (Å²) in [6.45, 7) is 14.1. The van der Waals surface area contributed by atoms with Gasteiger partial charge < -0.3 is 5.32 Å². The molecule has 0 aromatic rings. The normalized spacial score (nSPS) is 29.5. The molecule has 17 heavy (non-hydrogen) atoms. The molecule has 1 rings (SSSR count). The van der Waals surface area contributed by atoms with Crippen molar-refractivity contribution in [1.29, 1.82) is 0 Å². The summed E-state index contributed by atoms with van der Waals surface area (Å²) in [5.41, 5.74) is 0. The number of likely N-dealkylation sites (tertiary alicyclic amines) is 1. The molecule has 0 saturated carbocycles. The summed E-state index contributed by atoms with van der Waals surface area (Å²) in [5.74, 6) is 0.746. The van der Waals surface area contributed by atoms with Gasteiger partial charge in [-0.05, 0) is 58.5 Å². The lowest BCUT2D eigenvalue weighted by Gasteiger charge is -2.37. The molecule has 0 aromatic heterocycles. The number of nitrogens with one attached hydrogen (secondary N) is 1. The van der Waals surface area contributed by atoms with Crippen LogP contribution in [0, 0.1) is 5.92 Å². The van der Waals surface area contributed by atoms with E-state index in [9.17, 15) is 0 Å². The third kappa shape index (κ3) is 3.96. The summed E-state index contributed by atoms with van der Waals surface area (Å²) in [5, 5.41) is 3.56. The van der Waals surface area contributed by atoms with Crippen molar-refractivity contribution in [1.82, 2.24) is 10.2 Å². The van der Waals surface area contributed by atoms with Gasteiger partial charge in [-0.2, -0.15) is 0 Å². The summed E-state index contributed by atoms with van der Waals surface area (Å²) in [6.07, 6.45) is 5.33. The quantitative estimate of drug-likeness (QED) is 0.687. The highest BCUT2D eigenvalue weighted by Gasteiger charge is 2.34. The molecule has 1 fully saturated rings. The molecule has 0 spiro atoms. The zero-order valence-electron chi connectivity index (χ0n) is 12.5. The predicted octanol–water partition coefficient (Wildman–Crippen LogP) is 3.27. The van der Waals surface area contributed by atoms with Gasteiger partial charge in [0.2, 0.25) is 0 Å². The average molecular weight is 240 g/mol. The van der Waals surface area contributed by atoms with Crippen LogP contribution in [-0.2, 0) is 0 Å². The van der Waals surface area contributed by atoms with Crippen LogP contribution in [0.2, 0.25) is 0 Å². The van der Waals surface area contributed by atoms with Gasteiger partial charge in [0.1, 0.15) is 0 Å². The lowest BCUT2D eigenvalue weighted by molar-refractivity contribution is 0.106. The second-order valence-electron chi connectivity index (χ2n) is 5.86. The molecule has 0 amide bonds. The van der Waals surface area contributed by atoms with E-state index in [1.807, 2.05) is 0 Å². The largest absolute Gasteiger partial charge is 0.316 e. The van der Waals surface area contributed by atoms with Crippen LogP contribution in [0.15, 0.2) is 0 Å². The minimum absolute atomic E-state index is 0.710. The Labute approximate surface area is 108 Å². The SMILES string of the molecule is CCCNCC(C)C(C)N1C(C)CCC1CC. The third-order valence-corrected chi connectivity index (χ3v) is 4.51. The Morgan fingerprint density at radius 2 is 1.94 bits per heavy atom. The van der Waals surface area contributed by atoms with Gasteiger partial charge in [0.05, 0.1) is 0 Å². The molecule has 0 bridgehead atoms. The molecule has 0 radical (unpaired) electrons. The van der Waals surface area contributed by atoms with Crippen LogP contribution in [0.1, 0.15) is 60.3 Å². The molecule has 1 aliphatic heterocycles. The number of rotatable bonds is 7. The van der Waals surface area contributed by atoms with Crippen molar-refractivity contribution in [2.75, 3.05) is 13.1 Å². The van der Waals surface area contributed by atoms with E-state index in [1.54, 1.807) is 0 Å². The van der Waals surface area contributed by atoms with Gasteiger partial charge in [0, 0.05) is 18.1 Å². The van der Waals surface area contributed by atoms with Crippen molar-refractivity contribution in [3.8, 4) is 0 Å². The van der Waals surface area contributed by atoms with Crippen molar-refractivity contribution < 1.29 is 0 Å². The maximum atomic E-state index is 3.56. The Kier molecular flexibility index (Phi) is 6.50. The van der Waals surface area contributed by atoms with Crippen molar-refractivity contribution in [3.63, 3.8) is 0 Å². The monoisotopic (exact) mass is 240 g/mol. The molecule has 2 heteroatoms. The van der Waals surface area contributed by atoms with Crippen molar-refractivity contribution in [2.24, 2.45) is 5.92 Å². The number of hydrogen-bond acceptors (Lipinski definition) is 2. The fourth-order valence-corrected chi connectivity index (χ4v) is 3.21. The van der Waals surface area contributed by atoms with Crippen molar-refractivity contribution in [3.05, 3.63) is 0 Å². The Morgan fingerprint density at radius 1 is 1.24 bits per heavy atom. The maximum Gasteiger partial charge on any atom is 0.0110 e. The van der Waals surface area contributed by atoms with E-state index < -0.39 is 0 Å². The first kappa shape index (κ1) is 15.0. The zero-order valence-corrected chi connectivity index (χ0v) is 12.5. The lowest BCUT2D eigenvalue weighted by Crippen LogP contribution is -2.46. The summed E-state index contributed by atoms with van der Waals surface area (Å²) < 4.78 is 0. The molecule has 4 atom stereocenters. The minimum Gasteiger partial charge on any atom is -0.316 e. The molecule has 1 saturated heterocycles. The van der Waals surface area contributed by atoms with E-state index in [0.29, 0.717) is 6.04 Å². The van der Waals surface area contributed by atoms with Gasteiger partial charge in [-0.3, -0.25) is 4.90 Å². The van der Waals surface area contributed by atoms with Gasteiger partial charge in [0.25, 0.3) is 0 Å². The Morgan fingerprint density at radius 3 is 2.53 bits per heavy atom. The topological polar surface area (TPSA) is 15.3 Å². The molecule has 102 valence electrons. The standard InChI is InChI=1S/C15H32N2/c1-6-10-16-11-12(3)14(5)17-13(4)8-9-15(17)7-2/h12-16H,6-11H2,1-5H3. The molecule has 1 aliphatic rings. The summed E-state index contributed by atoms with van der Waals surface area (Å²) in [4.78, 5) is 2.78. The molecular weight excluding hydrogens is 208 g/mol. The summed E-state index contributed by atoms with van der Waals surface area (Å²) in [6, 6.07) is 2.32. The first-order chi connectivity index (χ1) is 8.11. The summed E-state index contributed by atoms with van der Waals surface area (Å²) in [7, 11) is 0. The molecule has 1 heterocycles. The van der Waals surface area contributed by atoms with Crippen molar-refractivity contribution in [2.45, 2.75) is 78.4 Å². The molecule has 1 N–H and O–H groups in total. The van der Waals surface area contributed by atoms with Crippen LogP contribution < -0.4 is 5.32 Å². The highest BCUT2D eigenvalue weighted by atomic mass is 15.2. The second kappa shape index (κ2) is 7.38. The Hall–Kier alpha value is -0.0800. The van der Waals surface area contributed by atoms with Crippen LogP contribution in [-0.4, -0.2) is 36.1 Å². The molecule has 0 aromatic carbocycles. The van der Waals surface area contributed by atoms with E-state index in [1.165, 1.54) is 25.7 Å². The maximum absolute atomic E-state index is 3.56. The van der Waals surface area contributed by atoms with E-state index in [4.69, 9.17) is 0 Å². The lowest BCUT2D eigenvalue weighted by atomic mass is 9.99. The molecule has 4 unspecified atom stereocenters. The first-order valence-electron chi connectivity index (χ1n) is 7.59. The second-order valence-corrected chi connectivity index (χ2v) is 5.86. The predicted molar refractivity (Wildman–Crippen MR) is 76.4 cm³/mol. The molecule has 2 nitrogen and oxygen atoms in total. The average Bonchev–Trinajstić information content (AvgIpc) is 2.69. The third-order valence-electron chi connectivity index (χ3n) is 4.51. The zero-order chi connectivity index (χ0) is 12.8. The van der Waals surface area contributed by atoms with Gasteiger partial charge in [-0.15, -0.1) is 0 Å². The van der Waals surface area contributed by atoms with Gasteiger partial charge in [-0.25, -0.2) is 0 Å². The van der Waals surface area contributed by atoms with Gasteiger partial charge in [0.15, 0.2) is 0 Å². The van der Waals surface area contributed by atoms with Crippen molar-refractivity contribution >= 4 is 0 Å².